The Morgan fingerprint density at radius 2 is 2.03 bits per heavy atom. The van der Waals surface area contributed by atoms with Crippen LogP contribution in [0.1, 0.15) is 37.7 Å². The number of hydrogen-bond acceptors (Lipinski definition) is 7. The highest BCUT2D eigenvalue weighted by atomic mass is 35.5. The minimum absolute atomic E-state index is 0.0113. The number of amides is 1. The second kappa shape index (κ2) is 12.8. The molecule has 0 spiro atoms. The Labute approximate surface area is 227 Å². The molecule has 1 fully saturated rings. The molecule has 1 saturated heterocycles. The molecule has 0 saturated carbocycles. The standard InChI is InChI=1S/C26H25ClN2O4S3/c27-24-20(10-14-34-24)5-4-18-2-1-3-19(16-18)17-21(30)8-11-28-13-15-35-26(33)29(28)12-9-22-6-7-23(36-22)25(31)32/h1-3,6-7,10,14,16,21,30H,8-9,11-13,15,17H2,(H,31,32). The van der Waals surface area contributed by atoms with E-state index < -0.39 is 12.1 Å². The number of aliphatic hydroxyl groups excluding tert-OH is 1. The molecule has 1 amide bonds. The van der Waals surface area contributed by atoms with Crippen LogP contribution in [0.3, 0.4) is 0 Å². The Morgan fingerprint density at radius 3 is 2.78 bits per heavy atom. The first-order valence-electron chi connectivity index (χ1n) is 11.4. The molecule has 2 aromatic heterocycles. The van der Waals surface area contributed by atoms with Gasteiger partial charge in [-0.05, 0) is 54.1 Å². The van der Waals surface area contributed by atoms with Crippen molar-refractivity contribution in [3.8, 4) is 11.8 Å². The lowest BCUT2D eigenvalue weighted by molar-refractivity contribution is 0.0148. The van der Waals surface area contributed by atoms with E-state index in [9.17, 15) is 14.7 Å². The maximum Gasteiger partial charge on any atom is 0.345 e. The summed E-state index contributed by atoms with van der Waals surface area (Å²) >= 11 is 10.1. The molecule has 1 atom stereocenters. The van der Waals surface area contributed by atoms with Gasteiger partial charge in [0.25, 0.3) is 5.24 Å². The zero-order chi connectivity index (χ0) is 25.5. The number of nitrogens with zero attached hydrogens (tertiary/aromatic N) is 2. The number of halogens is 1. The lowest BCUT2D eigenvalue weighted by Gasteiger charge is -2.38. The van der Waals surface area contributed by atoms with Gasteiger partial charge in [0.15, 0.2) is 0 Å². The van der Waals surface area contributed by atoms with Crippen molar-refractivity contribution < 1.29 is 19.8 Å². The number of hydrazine groups is 1. The van der Waals surface area contributed by atoms with Gasteiger partial charge in [-0.25, -0.2) is 9.80 Å². The van der Waals surface area contributed by atoms with Gasteiger partial charge in [-0.15, -0.1) is 22.7 Å². The van der Waals surface area contributed by atoms with Crippen LogP contribution in [0.15, 0.2) is 47.8 Å². The highest BCUT2D eigenvalue weighted by Crippen LogP contribution is 2.23. The first-order chi connectivity index (χ1) is 17.4. The molecule has 36 heavy (non-hydrogen) atoms. The van der Waals surface area contributed by atoms with Crippen LogP contribution in [0.5, 0.6) is 0 Å². The van der Waals surface area contributed by atoms with Gasteiger partial charge in [0, 0.05) is 42.2 Å². The molecule has 1 aliphatic rings. The third-order valence-electron chi connectivity index (χ3n) is 5.65. The number of aromatic carboxylic acids is 1. The summed E-state index contributed by atoms with van der Waals surface area (Å²) in [5.41, 5.74) is 2.68. The number of carboxylic acids is 1. The van der Waals surface area contributed by atoms with E-state index in [2.05, 4.69) is 11.8 Å². The number of thiophene rings is 2. The molecule has 3 heterocycles. The van der Waals surface area contributed by atoms with Crippen LogP contribution in [0.4, 0.5) is 4.79 Å². The van der Waals surface area contributed by atoms with Gasteiger partial charge in [0.2, 0.25) is 0 Å². The molecule has 1 aliphatic heterocycles. The fraction of sp³-hybridized carbons (Fsp3) is 0.308. The maximum atomic E-state index is 12.6. The van der Waals surface area contributed by atoms with E-state index in [0.717, 1.165) is 28.1 Å². The minimum Gasteiger partial charge on any atom is -0.477 e. The van der Waals surface area contributed by atoms with E-state index in [1.807, 2.05) is 40.7 Å². The normalized spacial score (nSPS) is 14.9. The van der Waals surface area contributed by atoms with Gasteiger partial charge in [0.1, 0.15) is 9.21 Å². The summed E-state index contributed by atoms with van der Waals surface area (Å²) < 4.78 is 0.679. The molecular formula is C26H25ClN2O4S3. The highest BCUT2D eigenvalue weighted by Gasteiger charge is 2.27. The van der Waals surface area contributed by atoms with E-state index in [1.165, 1.54) is 34.4 Å². The van der Waals surface area contributed by atoms with E-state index in [-0.39, 0.29) is 5.24 Å². The predicted octanol–water partition coefficient (Wildman–Crippen LogP) is 5.48. The quantitative estimate of drug-likeness (QED) is 0.337. The molecule has 0 radical (unpaired) electrons. The van der Waals surface area contributed by atoms with Gasteiger partial charge in [-0.2, -0.15) is 0 Å². The smallest absolute Gasteiger partial charge is 0.345 e. The Morgan fingerprint density at radius 1 is 1.17 bits per heavy atom. The number of carbonyl (C=O) groups is 2. The van der Waals surface area contributed by atoms with Crippen LogP contribution >= 0.6 is 46.0 Å². The van der Waals surface area contributed by atoms with Crippen molar-refractivity contribution in [2.45, 2.75) is 25.4 Å². The van der Waals surface area contributed by atoms with E-state index in [4.69, 9.17) is 16.7 Å². The third-order valence-corrected chi connectivity index (χ3v) is 8.80. The van der Waals surface area contributed by atoms with Crippen molar-refractivity contribution in [1.29, 1.82) is 0 Å². The Hall–Kier alpha value is -2.32. The first kappa shape index (κ1) is 26.7. The monoisotopic (exact) mass is 560 g/mol. The molecule has 1 unspecified atom stereocenters. The van der Waals surface area contributed by atoms with Gasteiger partial charge in [-0.1, -0.05) is 47.3 Å². The molecule has 10 heteroatoms. The summed E-state index contributed by atoms with van der Waals surface area (Å²) in [6.45, 7) is 1.77. The molecular weight excluding hydrogens is 536 g/mol. The van der Waals surface area contributed by atoms with Crippen LogP contribution in [-0.2, 0) is 12.8 Å². The highest BCUT2D eigenvalue weighted by molar-refractivity contribution is 8.13. The molecule has 1 aromatic carbocycles. The van der Waals surface area contributed by atoms with Crippen LogP contribution in [-0.4, -0.2) is 62.9 Å². The van der Waals surface area contributed by atoms with E-state index >= 15 is 0 Å². The number of carbonyl (C=O) groups excluding carboxylic acids is 1. The summed E-state index contributed by atoms with van der Waals surface area (Å²) in [4.78, 5) is 24.9. The van der Waals surface area contributed by atoms with Crippen molar-refractivity contribution in [2.24, 2.45) is 0 Å². The summed E-state index contributed by atoms with van der Waals surface area (Å²) in [5.74, 6) is 6.00. The molecule has 3 aromatic rings. The minimum atomic E-state index is -0.934. The van der Waals surface area contributed by atoms with Gasteiger partial charge in [0.05, 0.1) is 11.7 Å². The summed E-state index contributed by atoms with van der Waals surface area (Å²) in [5, 5.41) is 25.5. The fourth-order valence-corrected chi connectivity index (χ4v) is 6.33. The average molecular weight is 561 g/mol. The topological polar surface area (TPSA) is 81.1 Å². The van der Waals surface area contributed by atoms with E-state index in [1.54, 1.807) is 17.1 Å². The predicted molar refractivity (Wildman–Crippen MR) is 147 cm³/mol. The summed E-state index contributed by atoms with van der Waals surface area (Å²) in [6.07, 6.45) is 1.06. The Bertz CT molecular complexity index is 1280. The maximum absolute atomic E-state index is 12.6. The summed E-state index contributed by atoms with van der Waals surface area (Å²) in [6, 6.07) is 13.1. The van der Waals surface area contributed by atoms with Gasteiger partial charge < -0.3 is 10.2 Å². The molecule has 2 N–H and O–H groups in total. The number of hydrogen-bond donors (Lipinski definition) is 2. The van der Waals surface area contributed by atoms with Crippen molar-refractivity contribution in [2.75, 3.05) is 25.4 Å². The molecule has 0 aliphatic carbocycles. The van der Waals surface area contributed by atoms with Crippen molar-refractivity contribution in [3.63, 3.8) is 0 Å². The number of aliphatic hydroxyl groups is 1. The number of rotatable bonds is 9. The Balaban J connectivity index is 1.31. The lowest BCUT2D eigenvalue weighted by Crippen LogP contribution is -2.51. The zero-order valence-electron chi connectivity index (χ0n) is 19.4. The Kier molecular flexibility index (Phi) is 9.48. The first-order valence-corrected chi connectivity index (χ1v) is 14.5. The zero-order valence-corrected chi connectivity index (χ0v) is 22.6. The summed E-state index contributed by atoms with van der Waals surface area (Å²) in [7, 11) is 0. The molecule has 0 bridgehead atoms. The number of thioether (sulfide) groups is 1. The third kappa shape index (κ3) is 7.35. The van der Waals surface area contributed by atoms with Gasteiger partial charge >= 0.3 is 5.97 Å². The lowest BCUT2D eigenvalue weighted by atomic mass is 10.0. The largest absolute Gasteiger partial charge is 0.477 e. The van der Waals surface area contributed by atoms with E-state index in [0.29, 0.717) is 47.3 Å². The van der Waals surface area contributed by atoms with Crippen molar-refractivity contribution in [1.82, 2.24) is 10.0 Å². The van der Waals surface area contributed by atoms with Crippen LogP contribution in [0, 0.1) is 11.8 Å². The molecule has 4 rings (SSSR count). The average Bonchev–Trinajstić information content (AvgIpc) is 3.50. The second-order valence-electron chi connectivity index (χ2n) is 8.22. The van der Waals surface area contributed by atoms with Gasteiger partial charge in [-0.3, -0.25) is 9.80 Å². The second-order valence-corrected chi connectivity index (χ2v) is 11.9. The number of carboxylic acid groups (broad SMARTS) is 1. The molecule has 6 nitrogen and oxygen atoms in total. The van der Waals surface area contributed by atoms with Crippen LogP contribution < -0.4 is 0 Å². The van der Waals surface area contributed by atoms with Crippen LogP contribution in [0.2, 0.25) is 4.34 Å². The van der Waals surface area contributed by atoms with Crippen molar-refractivity contribution >= 4 is 57.2 Å². The van der Waals surface area contributed by atoms with Crippen molar-refractivity contribution in [3.05, 3.63) is 78.6 Å². The van der Waals surface area contributed by atoms with Crippen LogP contribution in [0.25, 0.3) is 0 Å². The number of benzene rings is 1. The molecule has 188 valence electrons. The fourth-order valence-electron chi connectivity index (χ4n) is 3.83. The SMILES string of the molecule is O=C(O)c1ccc(CCN2C(=O)SCCN2CCC(O)Cc2cccc(C#Cc3ccsc3Cl)c2)s1.